The Labute approximate surface area is 619 Å². The van der Waals surface area contributed by atoms with Crippen molar-refractivity contribution in [1.82, 2.24) is 9.13 Å². The predicted molar refractivity (Wildman–Crippen MR) is 451 cm³/mol. The van der Waals surface area contributed by atoms with Crippen molar-refractivity contribution in [3.05, 3.63) is 364 Å². The smallest absolute Gasteiger partial charge is 0.0602 e. The number of anilines is 6. The molecule has 104 heavy (non-hydrogen) atoms. The maximum atomic E-state index is 2.46. The van der Waals surface area contributed by atoms with E-state index in [2.05, 4.69) is 383 Å². The van der Waals surface area contributed by atoms with Crippen molar-refractivity contribution < 1.29 is 0 Å². The Balaban J connectivity index is 0.000000134. The van der Waals surface area contributed by atoms with Crippen LogP contribution in [0, 0.1) is 0 Å². The van der Waals surface area contributed by atoms with E-state index < -0.39 is 0 Å². The van der Waals surface area contributed by atoms with Crippen molar-refractivity contribution in [2.24, 2.45) is 0 Å². The predicted octanol–water partition coefficient (Wildman–Crippen LogP) is 27.3. The van der Waals surface area contributed by atoms with Gasteiger partial charge in [0.2, 0.25) is 0 Å². The minimum Gasteiger partial charge on any atom is -0.0602 e. The standard InChI is InChI=1S/2C48H30N2SSe/c1-2-11-33(12-3-1)50-41-16-7-4-13-36(41)40-30-35(26-28-42(40)50)49(43-17-10-19-45-48(43)39-15-5-8-18-44(39)51-45)34-24-21-31(22-25-34)32-23-27-38-37-14-6-9-20-46(37)52-47(38)29-32;1-2-10-33(11-3-1)50-43-15-7-4-12-37(43)41-29-35(23-26-44(41)50)49(36-24-27-46-42(30-36)38-13-5-8-16-45(38)51-46)34-21-18-31(19-22-34)32-20-25-40-39-14-6-9-17-47(39)52-48(40)28-32/h2*1-30H. The number of hydrogen-bond donors (Lipinski definition) is 0. The average molecular weight is 1490 g/mol. The second kappa shape index (κ2) is 25.0. The van der Waals surface area contributed by atoms with Crippen molar-refractivity contribution in [2.75, 3.05) is 9.80 Å². The van der Waals surface area contributed by atoms with Gasteiger partial charge in [-0.15, -0.1) is 11.3 Å². The first kappa shape index (κ1) is 60.9. The second-order valence-electron chi connectivity index (χ2n) is 26.7. The zero-order valence-electron chi connectivity index (χ0n) is 56.1. The molecule has 0 spiro atoms. The Kier molecular flexibility index (Phi) is 14.7. The van der Waals surface area contributed by atoms with Gasteiger partial charge in [0.25, 0.3) is 0 Å². The van der Waals surface area contributed by atoms with Crippen LogP contribution in [-0.2, 0) is 0 Å². The molecule has 0 aliphatic rings. The molecular formula is C96H60N4S2Se2. The molecule has 0 saturated carbocycles. The minimum absolute atomic E-state index is 0.336. The van der Waals surface area contributed by atoms with Crippen LogP contribution in [0.5, 0.6) is 0 Å². The minimum atomic E-state index is 0.336. The summed E-state index contributed by atoms with van der Waals surface area (Å²) in [6.45, 7) is 0. The van der Waals surface area contributed by atoms with Crippen LogP contribution in [-0.4, -0.2) is 38.1 Å². The SMILES string of the molecule is c1ccc(-n2c3ccccc3c3cc(N(c4ccc(-c5ccc6c(c5)[se]c5ccccc56)cc4)c4ccc5sc6ccccc6c5c4)ccc32)cc1.c1ccc(-n2c3ccccc3c3cc(N(c4ccc(-c5ccc6c(c5)[se]c5ccccc56)cc4)c4cccc5sc6ccccc6c45)ccc32)cc1. The van der Waals surface area contributed by atoms with E-state index in [0.29, 0.717) is 29.0 Å². The van der Waals surface area contributed by atoms with Crippen molar-refractivity contribution in [2.45, 2.75) is 0 Å². The van der Waals surface area contributed by atoms with Gasteiger partial charge in [0.1, 0.15) is 0 Å². The molecule has 8 heteroatoms. The number of benzene rings is 16. The summed E-state index contributed by atoms with van der Waals surface area (Å²) in [6.07, 6.45) is 0. The number of rotatable bonds is 10. The summed E-state index contributed by atoms with van der Waals surface area (Å²) >= 11 is 4.40. The Morgan fingerprint density at radius 1 is 0.212 bits per heavy atom. The van der Waals surface area contributed by atoms with E-state index in [1.165, 1.54) is 162 Å². The van der Waals surface area contributed by atoms with E-state index in [1.54, 1.807) is 0 Å². The van der Waals surface area contributed by atoms with Crippen molar-refractivity contribution in [3.63, 3.8) is 0 Å². The summed E-state index contributed by atoms with van der Waals surface area (Å²) in [5.41, 5.74) is 19.0. The molecule has 16 aromatic carbocycles. The number of fused-ring (bicyclic) bond motifs is 18. The Hall–Kier alpha value is -11.8. The third-order valence-electron chi connectivity index (χ3n) is 20.8. The van der Waals surface area contributed by atoms with E-state index in [9.17, 15) is 0 Å². The van der Waals surface area contributed by atoms with Crippen molar-refractivity contribution in [3.8, 4) is 33.6 Å². The average Bonchev–Trinajstić information content (AvgIpc) is 1.70. The molecule has 0 aliphatic heterocycles. The van der Waals surface area contributed by atoms with E-state index >= 15 is 0 Å². The van der Waals surface area contributed by atoms with Gasteiger partial charge in [0.15, 0.2) is 0 Å². The third kappa shape index (κ3) is 10.2. The quantitative estimate of drug-likeness (QED) is 0.127. The summed E-state index contributed by atoms with van der Waals surface area (Å²) in [7, 11) is 0. The van der Waals surface area contributed by atoms with Crippen LogP contribution in [0.15, 0.2) is 364 Å². The van der Waals surface area contributed by atoms with Crippen molar-refractivity contribution >= 4 is 208 Å². The Morgan fingerprint density at radius 2 is 0.587 bits per heavy atom. The first-order chi connectivity index (χ1) is 51.5. The molecule has 0 amide bonds. The van der Waals surface area contributed by atoms with Crippen LogP contribution in [0.3, 0.4) is 0 Å². The molecular weight excluding hydrogens is 1430 g/mol. The summed E-state index contributed by atoms with van der Waals surface area (Å²) in [4.78, 5) is 4.88. The zero-order chi connectivity index (χ0) is 68.3. The molecule has 6 aromatic heterocycles. The number of nitrogens with zero attached hydrogens (tertiary/aromatic N) is 4. The molecule has 22 rings (SSSR count). The molecule has 0 aliphatic carbocycles. The molecule has 0 unspecified atom stereocenters. The zero-order valence-corrected chi connectivity index (χ0v) is 61.1. The van der Waals surface area contributed by atoms with E-state index in [-0.39, 0.29) is 0 Å². The summed E-state index contributed by atoms with van der Waals surface area (Å²) in [6, 6.07) is 134. The Morgan fingerprint density at radius 3 is 1.14 bits per heavy atom. The van der Waals surface area contributed by atoms with Gasteiger partial charge in [-0.25, -0.2) is 0 Å². The molecule has 4 nitrogen and oxygen atoms in total. The van der Waals surface area contributed by atoms with Gasteiger partial charge in [-0.1, -0.05) is 103 Å². The van der Waals surface area contributed by atoms with Gasteiger partial charge in [-0.2, -0.15) is 0 Å². The van der Waals surface area contributed by atoms with Gasteiger partial charge in [0.05, 0.1) is 11.0 Å². The van der Waals surface area contributed by atoms with Gasteiger partial charge in [-0.05, 0) is 48.5 Å². The number of aromatic nitrogens is 2. The second-order valence-corrected chi connectivity index (χ2v) is 33.4. The van der Waals surface area contributed by atoms with E-state index in [4.69, 9.17) is 0 Å². The maximum absolute atomic E-state index is 2.46. The molecule has 0 fully saturated rings. The fraction of sp³-hybridized carbons (Fsp3) is 0. The Bertz CT molecular complexity index is 7120. The van der Waals surface area contributed by atoms with Crippen LogP contribution >= 0.6 is 22.7 Å². The molecule has 0 N–H and O–H groups in total. The topological polar surface area (TPSA) is 16.3 Å². The molecule has 0 bridgehead atoms. The molecule has 22 aromatic rings. The molecule has 488 valence electrons. The first-order valence-corrected chi connectivity index (χ1v) is 40.2. The molecule has 0 saturated heterocycles. The van der Waals surface area contributed by atoms with Gasteiger partial charge in [0, 0.05) is 16.1 Å². The van der Waals surface area contributed by atoms with Gasteiger partial charge < -0.3 is 9.13 Å². The van der Waals surface area contributed by atoms with E-state index in [1.807, 2.05) is 22.7 Å². The van der Waals surface area contributed by atoms with Gasteiger partial charge >= 0.3 is 426 Å². The fourth-order valence-corrected chi connectivity index (χ4v) is 23.0. The molecule has 6 heterocycles. The van der Waals surface area contributed by atoms with Crippen LogP contribution < -0.4 is 9.80 Å². The third-order valence-corrected chi connectivity index (χ3v) is 27.8. The summed E-state index contributed by atoms with van der Waals surface area (Å²) < 4.78 is 15.9. The normalized spacial score (nSPS) is 11.8. The van der Waals surface area contributed by atoms with E-state index in [0.717, 1.165) is 28.4 Å². The van der Waals surface area contributed by atoms with Gasteiger partial charge in [-0.3, -0.25) is 0 Å². The summed E-state index contributed by atoms with van der Waals surface area (Å²) in [5, 5.41) is 15.7. The number of hydrogen-bond acceptors (Lipinski definition) is 4. The molecule has 0 atom stereocenters. The van der Waals surface area contributed by atoms with Crippen molar-refractivity contribution in [1.29, 1.82) is 0 Å². The van der Waals surface area contributed by atoms with Crippen LogP contribution in [0.1, 0.15) is 0 Å². The van der Waals surface area contributed by atoms with Crippen LogP contribution in [0.25, 0.3) is 156 Å². The monoisotopic (exact) mass is 1490 g/mol. The molecule has 0 radical (unpaired) electrons. The van der Waals surface area contributed by atoms with Crippen LogP contribution in [0.2, 0.25) is 0 Å². The number of para-hydroxylation sites is 4. The summed E-state index contributed by atoms with van der Waals surface area (Å²) in [5.74, 6) is 0. The number of thiophene rings is 2. The fourth-order valence-electron chi connectivity index (χ4n) is 16.0. The first-order valence-electron chi connectivity index (χ1n) is 35.2. The van der Waals surface area contributed by atoms with Crippen LogP contribution in [0.4, 0.5) is 34.1 Å².